The van der Waals surface area contributed by atoms with E-state index in [1.807, 2.05) is 25.1 Å². The highest BCUT2D eigenvalue weighted by Gasteiger charge is 2.15. The van der Waals surface area contributed by atoms with Gasteiger partial charge in [-0.05, 0) is 24.1 Å². The van der Waals surface area contributed by atoms with Gasteiger partial charge in [-0.25, -0.2) is 4.79 Å². The number of nitrogens with one attached hydrogen (secondary N) is 1. The number of hydrogen-bond donors (Lipinski definition) is 2. The average molecular weight is 262 g/mol. The summed E-state index contributed by atoms with van der Waals surface area (Å²) in [6.45, 7) is 5.36. The molecule has 0 saturated carbocycles. The van der Waals surface area contributed by atoms with Crippen LogP contribution in [0.1, 0.15) is 12.5 Å². The van der Waals surface area contributed by atoms with E-state index in [-0.39, 0.29) is 13.1 Å². The number of amides is 2. The van der Waals surface area contributed by atoms with E-state index in [0.29, 0.717) is 5.69 Å². The molecular formula is C14H18N2O3. The number of carbonyl (C=O) groups is 2. The van der Waals surface area contributed by atoms with Crippen LogP contribution in [0.15, 0.2) is 36.9 Å². The third-order valence-electron chi connectivity index (χ3n) is 2.55. The van der Waals surface area contributed by atoms with Gasteiger partial charge in [0.05, 0.1) is 0 Å². The number of aryl methyl sites for hydroxylation is 1. The van der Waals surface area contributed by atoms with Crippen molar-refractivity contribution in [3.8, 4) is 0 Å². The molecule has 0 aromatic heterocycles. The van der Waals surface area contributed by atoms with E-state index in [2.05, 4.69) is 11.9 Å². The fourth-order valence-electron chi connectivity index (χ4n) is 1.61. The van der Waals surface area contributed by atoms with Gasteiger partial charge in [-0.3, -0.25) is 4.79 Å². The molecule has 1 aromatic carbocycles. The lowest BCUT2D eigenvalue weighted by Crippen LogP contribution is -2.38. The van der Waals surface area contributed by atoms with E-state index in [4.69, 9.17) is 5.11 Å². The first kappa shape index (κ1) is 14.8. The Balaban J connectivity index is 2.74. The van der Waals surface area contributed by atoms with Crippen molar-refractivity contribution in [2.75, 3.05) is 18.4 Å². The zero-order chi connectivity index (χ0) is 14.3. The summed E-state index contributed by atoms with van der Waals surface area (Å²) in [6, 6.07) is 7.00. The van der Waals surface area contributed by atoms with Crippen LogP contribution in [0, 0.1) is 0 Å². The molecule has 0 unspecified atom stereocenters. The normalized spacial score (nSPS) is 9.74. The molecule has 0 spiro atoms. The second kappa shape index (κ2) is 7.20. The SMILES string of the molecule is C=CCN(CC(=O)O)C(=O)Nc1cccc(CC)c1. The number of nitrogens with zero attached hydrogens (tertiary/aromatic N) is 1. The van der Waals surface area contributed by atoms with Gasteiger partial charge >= 0.3 is 12.0 Å². The van der Waals surface area contributed by atoms with Crippen LogP contribution in [0.2, 0.25) is 0 Å². The number of carbonyl (C=O) groups excluding carboxylic acids is 1. The Hall–Kier alpha value is -2.30. The first-order valence-corrected chi connectivity index (χ1v) is 6.04. The van der Waals surface area contributed by atoms with Crippen molar-refractivity contribution >= 4 is 17.7 Å². The van der Waals surface area contributed by atoms with E-state index in [1.54, 1.807) is 6.07 Å². The summed E-state index contributed by atoms with van der Waals surface area (Å²) in [5.41, 5.74) is 1.76. The van der Waals surface area contributed by atoms with Gasteiger partial charge in [-0.15, -0.1) is 6.58 Å². The minimum absolute atomic E-state index is 0.186. The number of rotatable bonds is 6. The molecule has 1 rings (SSSR count). The van der Waals surface area contributed by atoms with Gasteiger partial charge in [-0.1, -0.05) is 25.1 Å². The number of anilines is 1. The Morgan fingerprint density at radius 2 is 2.21 bits per heavy atom. The van der Waals surface area contributed by atoms with Gasteiger partial charge in [0.15, 0.2) is 0 Å². The topological polar surface area (TPSA) is 69.6 Å². The van der Waals surface area contributed by atoms with E-state index in [9.17, 15) is 9.59 Å². The predicted octanol–water partition coefficient (Wildman–Crippen LogP) is 2.35. The minimum atomic E-state index is -1.06. The zero-order valence-corrected chi connectivity index (χ0v) is 10.9. The smallest absolute Gasteiger partial charge is 0.323 e. The van der Waals surface area contributed by atoms with Crippen LogP contribution in [0.25, 0.3) is 0 Å². The summed E-state index contributed by atoms with van der Waals surface area (Å²) >= 11 is 0. The molecule has 0 atom stereocenters. The Morgan fingerprint density at radius 1 is 1.47 bits per heavy atom. The lowest BCUT2D eigenvalue weighted by atomic mass is 10.1. The van der Waals surface area contributed by atoms with Crippen LogP contribution in [-0.4, -0.2) is 35.1 Å². The first-order chi connectivity index (χ1) is 9.06. The molecule has 1 aromatic rings. The maximum absolute atomic E-state index is 11.9. The maximum atomic E-state index is 11.9. The summed E-state index contributed by atoms with van der Waals surface area (Å²) in [7, 11) is 0. The van der Waals surface area contributed by atoms with Crippen LogP contribution >= 0.6 is 0 Å². The molecule has 102 valence electrons. The molecule has 0 aliphatic rings. The Morgan fingerprint density at radius 3 is 2.79 bits per heavy atom. The van der Waals surface area contributed by atoms with E-state index < -0.39 is 12.0 Å². The summed E-state index contributed by atoms with van der Waals surface area (Å²) in [5, 5.41) is 11.4. The number of urea groups is 1. The van der Waals surface area contributed by atoms with Crippen molar-refractivity contribution in [2.24, 2.45) is 0 Å². The van der Waals surface area contributed by atoms with Gasteiger partial charge in [0, 0.05) is 12.2 Å². The number of benzene rings is 1. The van der Waals surface area contributed by atoms with Crippen molar-refractivity contribution in [1.82, 2.24) is 4.90 Å². The number of carboxylic acid groups (broad SMARTS) is 1. The van der Waals surface area contributed by atoms with Crippen molar-refractivity contribution < 1.29 is 14.7 Å². The molecule has 19 heavy (non-hydrogen) atoms. The van der Waals surface area contributed by atoms with Gasteiger partial charge in [0.25, 0.3) is 0 Å². The first-order valence-electron chi connectivity index (χ1n) is 6.04. The molecule has 5 nitrogen and oxygen atoms in total. The maximum Gasteiger partial charge on any atom is 0.323 e. The summed E-state index contributed by atoms with van der Waals surface area (Å²) < 4.78 is 0. The van der Waals surface area contributed by atoms with Gasteiger partial charge in [0.2, 0.25) is 0 Å². The Bertz CT molecular complexity index is 472. The molecule has 0 heterocycles. The van der Waals surface area contributed by atoms with Crippen molar-refractivity contribution in [1.29, 1.82) is 0 Å². The number of aliphatic carboxylic acids is 1. The standard InChI is InChI=1S/C14H18N2O3/c1-3-8-16(10-13(17)18)14(19)15-12-7-5-6-11(4-2)9-12/h3,5-7,9H,1,4,8,10H2,2H3,(H,15,19)(H,17,18). The summed E-state index contributed by atoms with van der Waals surface area (Å²) in [6.07, 6.45) is 2.36. The summed E-state index contributed by atoms with van der Waals surface area (Å²) in [4.78, 5) is 23.8. The molecule has 2 N–H and O–H groups in total. The van der Waals surface area contributed by atoms with Crippen LogP contribution in [0.5, 0.6) is 0 Å². The minimum Gasteiger partial charge on any atom is -0.480 e. The van der Waals surface area contributed by atoms with E-state index in [1.165, 1.54) is 11.0 Å². The molecule has 5 heteroatoms. The fourth-order valence-corrected chi connectivity index (χ4v) is 1.61. The predicted molar refractivity (Wildman–Crippen MR) is 74.2 cm³/mol. The average Bonchev–Trinajstić information content (AvgIpc) is 2.38. The highest BCUT2D eigenvalue weighted by Crippen LogP contribution is 2.11. The highest BCUT2D eigenvalue weighted by atomic mass is 16.4. The Labute approximate surface area is 112 Å². The monoisotopic (exact) mass is 262 g/mol. The fraction of sp³-hybridized carbons (Fsp3) is 0.286. The lowest BCUT2D eigenvalue weighted by Gasteiger charge is -2.19. The number of carboxylic acids is 1. The van der Waals surface area contributed by atoms with Crippen LogP contribution in [0.4, 0.5) is 10.5 Å². The van der Waals surface area contributed by atoms with Gasteiger partial charge in [0.1, 0.15) is 6.54 Å². The molecule has 0 fully saturated rings. The lowest BCUT2D eigenvalue weighted by molar-refractivity contribution is -0.137. The highest BCUT2D eigenvalue weighted by molar-refractivity contribution is 5.91. The molecule has 0 aliphatic carbocycles. The molecule has 2 amide bonds. The second-order valence-electron chi connectivity index (χ2n) is 4.05. The largest absolute Gasteiger partial charge is 0.480 e. The van der Waals surface area contributed by atoms with Crippen LogP contribution in [0.3, 0.4) is 0 Å². The Kier molecular flexibility index (Phi) is 5.60. The molecule has 0 bridgehead atoms. The van der Waals surface area contributed by atoms with Crippen molar-refractivity contribution in [2.45, 2.75) is 13.3 Å². The van der Waals surface area contributed by atoms with E-state index in [0.717, 1.165) is 12.0 Å². The van der Waals surface area contributed by atoms with Crippen LogP contribution in [-0.2, 0) is 11.2 Å². The number of hydrogen-bond acceptors (Lipinski definition) is 2. The summed E-state index contributed by atoms with van der Waals surface area (Å²) in [5.74, 6) is -1.06. The van der Waals surface area contributed by atoms with Gasteiger partial charge < -0.3 is 15.3 Å². The molecule has 0 radical (unpaired) electrons. The third-order valence-corrected chi connectivity index (χ3v) is 2.55. The van der Waals surface area contributed by atoms with Crippen LogP contribution < -0.4 is 5.32 Å². The molecule has 0 aliphatic heterocycles. The van der Waals surface area contributed by atoms with Crippen molar-refractivity contribution in [3.63, 3.8) is 0 Å². The van der Waals surface area contributed by atoms with Gasteiger partial charge in [-0.2, -0.15) is 0 Å². The quantitative estimate of drug-likeness (QED) is 0.773. The second-order valence-corrected chi connectivity index (χ2v) is 4.05. The molecule has 0 saturated heterocycles. The van der Waals surface area contributed by atoms with Crippen molar-refractivity contribution in [3.05, 3.63) is 42.5 Å². The van der Waals surface area contributed by atoms with E-state index >= 15 is 0 Å². The zero-order valence-electron chi connectivity index (χ0n) is 10.9. The third kappa shape index (κ3) is 4.83. The molecular weight excluding hydrogens is 244 g/mol.